The molecule has 1 aliphatic rings. The maximum Gasteiger partial charge on any atom is 0.144 e. The average molecular weight is 177 g/mol. The van der Waals surface area contributed by atoms with Crippen LogP contribution in [0, 0.1) is 17.1 Å². The van der Waals surface area contributed by atoms with Crippen LogP contribution in [0.15, 0.2) is 18.2 Å². The van der Waals surface area contributed by atoms with Crippen molar-refractivity contribution in [1.29, 1.82) is 5.26 Å². The Kier molecular flexibility index (Phi) is 1.90. The monoisotopic (exact) mass is 177 g/mol. The van der Waals surface area contributed by atoms with E-state index >= 15 is 0 Å². The maximum absolute atomic E-state index is 13.0. The smallest absolute Gasteiger partial charge is 0.144 e. The fraction of sp³-hybridized carbons (Fsp3) is 0.300. The predicted molar refractivity (Wildman–Crippen MR) is 44.8 cm³/mol. The minimum atomic E-state index is -0.513. The van der Waals surface area contributed by atoms with E-state index in [1.54, 1.807) is 12.1 Å². The second kappa shape index (κ2) is 3.06. The summed E-state index contributed by atoms with van der Waals surface area (Å²) in [5.74, 6) is -0.000324. The second-order valence-corrected chi connectivity index (χ2v) is 3.07. The van der Waals surface area contributed by atoms with Crippen LogP contribution in [-0.4, -0.2) is 6.10 Å². The highest BCUT2D eigenvalue weighted by atomic mass is 19.1. The highest BCUT2D eigenvalue weighted by molar-refractivity contribution is 5.36. The van der Waals surface area contributed by atoms with Crippen molar-refractivity contribution in [2.24, 2.45) is 0 Å². The molecule has 0 aliphatic heterocycles. The van der Waals surface area contributed by atoms with Crippen LogP contribution in [0.25, 0.3) is 0 Å². The topological polar surface area (TPSA) is 33.0 Å². The summed E-state index contributed by atoms with van der Waals surface area (Å²) in [5.41, 5.74) is 0.0585. The molecule has 0 heterocycles. The fourth-order valence-corrected chi connectivity index (χ4v) is 1.04. The van der Waals surface area contributed by atoms with E-state index < -0.39 is 5.82 Å². The fourth-order valence-electron chi connectivity index (χ4n) is 1.04. The van der Waals surface area contributed by atoms with Crippen LogP contribution in [0.2, 0.25) is 0 Å². The molecular weight excluding hydrogens is 169 g/mol. The van der Waals surface area contributed by atoms with Crippen LogP contribution in [-0.2, 0) is 0 Å². The Morgan fingerprint density at radius 1 is 1.46 bits per heavy atom. The molecule has 0 unspecified atom stereocenters. The number of hydrogen-bond acceptors (Lipinski definition) is 2. The lowest BCUT2D eigenvalue weighted by molar-refractivity contribution is 0.301. The van der Waals surface area contributed by atoms with Crippen LogP contribution in [0.3, 0.4) is 0 Å². The van der Waals surface area contributed by atoms with Gasteiger partial charge in [0.05, 0.1) is 11.7 Å². The summed E-state index contributed by atoms with van der Waals surface area (Å²) in [6.07, 6.45) is 2.34. The van der Waals surface area contributed by atoms with E-state index in [0.29, 0.717) is 5.75 Å². The minimum Gasteiger partial charge on any atom is -0.490 e. The van der Waals surface area contributed by atoms with E-state index in [1.807, 2.05) is 0 Å². The van der Waals surface area contributed by atoms with Gasteiger partial charge in [-0.2, -0.15) is 5.26 Å². The molecule has 0 radical (unpaired) electrons. The Balaban J connectivity index is 2.19. The van der Waals surface area contributed by atoms with Crippen molar-refractivity contribution < 1.29 is 9.13 Å². The van der Waals surface area contributed by atoms with E-state index in [4.69, 9.17) is 10.00 Å². The van der Waals surface area contributed by atoms with Gasteiger partial charge in [-0.15, -0.1) is 0 Å². The number of hydrogen-bond donors (Lipinski definition) is 0. The van der Waals surface area contributed by atoms with Gasteiger partial charge in [-0.1, -0.05) is 0 Å². The molecule has 1 saturated carbocycles. The summed E-state index contributed by atoms with van der Waals surface area (Å²) in [6.45, 7) is 0. The summed E-state index contributed by atoms with van der Waals surface area (Å²) in [6, 6.07) is 6.08. The van der Waals surface area contributed by atoms with Crippen LogP contribution in [0.1, 0.15) is 18.4 Å². The molecule has 0 amide bonds. The molecule has 1 fully saturated rings. The summed E-state index contributed by atoms with van der Waals surface area (Å²) >= 11 is 0. The Morgan fingerprint density at radius 2 is 2.23 bits per heavy atom. The molecule has 0 aromatic heterocycles. The SMILES string of the molecule is N#Cc1ccc(OC2CC2)cc1F. The molecule has 1 aromatic rings. The minimum absolute atomic E-state index is 0.0585. The molecule has 1 aromatic carbocycles. The van der Waals surface area contributed by atoms with Gasteiger partial charge >= 0.3 is 0 Å². The van der Waals surface area contributed by atoms with Crippen molar-refractivity contribution in [1.82, 2.24) is 0 Å². The van der Waals surface area contributed by atoms with Crippen molar-refractivity contribution in [2.45, 2.75) is 18.9 Å². The Morgan fingerprint density at radius 3 is 2.77 bits per heavy atom. The molecule has 2 nitrogen and oxygen atoms in total. The van der Waals surface area contributed by atoms with Gasteiger partial charge in [0.15, 0.2) is 0 Å². The van der Waals surface area contributed by atoms with Crippen LogP contribution >= 0.6 is 0 Å². The largest absolute Gasteiger partial charge is 0.490 e. The first kappa shape index (κ1) is 8.06. The average Bonchev–Trinajstić information content (AvgIpc) is 2.89. The van der Waals surface area contributed by atoms with Crippen molar-refractivity contribution >= 4 is 0 Å². The van der Waals surface area contributed by atoms with Gasteiger partial charge in [-0.25, -0.2) is 4.39 Å². The first-order valence-electron chi connectivity index (χ1n) is 4.16. The van der Waals surface area contributed by atoms with Gasteiger partial charge in [-0.05, 0) is 25.0 Å². The molecule has 0 atom stereocenters. The van der Waals surface area contributed by atoms with Crippen LogP contribution in [0.5, 0.6) is 5.75 Å². The normalized spacial score (nSPS) is 15.1. The van der Waals surface area contributed by atoms with E-state index in [2.05, 4.69) is 0 Å². The summed E-state index contributed by atoms with van der Waals surface area (Å²) < 4.78 is 18.4. The summed E-state index contributed by atoms with van der Waals surface area (Å²) in [7, 11) is 0. The summed E-state index contributed by atoms with van der Waals surface area (Å²) in [5, 5.41) is 8.47. The zero-order valence-corrected chi connectivity index (χ0v) is 6.96. The Hall–Kier alpha value is -1.56. The molecule has 0 bridgehead atoms. The van der Waals surface area contributed by atoms with E-state index in [-0.39, 0.29) is 11.7 Å². The van der Waals surface area contributed by atoms with Gasteiger partial charge in [0, 0.05) is 6.07 Å². The number of rotatable bonds is 2. The van der Waals surface area contributed by atoms with Gasteiger partial charge in [0.1, 0.15) is 17.6 Å². The van der Waals surface area contributed by atoms with Gasteiger partial charge in [-0.3, -0.25) is 0 Å². The zero-order valence-electron chi connectivity index (χ0n) is 6.96. The highest BCUT2D eigenvalue weighted by Gasteiger charge is 2.23. The molecule has 0 saturated heterocycles. The quantitative estimate of drug-likeness (QED) is 0.694. The molecule has 0 N–H and O–H groups in total. The first-order chi connectivity index (χ1) is 6.29. The highest BCUT2D eigenvalue weighted by Crippen LogP contribution is 2.27. The Labute approximate surface area is 75.6 Å². The number of nitrogens with zero attached hydrogens (tertiary/aromatic N) is 1. The number of nitriles is 1. The van der Waals surface area contributed by atoms with Crippen molar-refractivity contribution in [2.75, 3.05) is 0 Å². The molecule has 3 heteroatoms. The summed E-state index contributed by atoms with van der Waals surface area (Å²) in [4.78, 5) is 0. The van der Waals surface area contributed by atoms with Crippen molar-refractivity contribution in [3.8, 4) is 11.8 Å². The Bertz CT molecular complexity index is 366. The number of ether oxygens (including phenoxy) is 1. The lowest BCUT2D eigenvalue weighted by atomic mass is 10.2. The van der Waals surface area contributed by atoms with E-state index in [9.17, 15) is 4.39 Å². The van der Waals surface area contributed by atoms with Crippen molar-refractivity contribution in [3.63, 3.8) is 0 Å². The predicted octanol–water partition coefficient (Wildman–Crippen LogP) is 2.24. The molecular formula is C10H8FNO. The van der Waals surface area contributed by atoms with Gasteiger partial charge < -0.3 is 4.74 Å². The third-order valence-corrected chi connectivity index (χ3v) is 1.89. The molecule has 13 heavy (non-hydrogen) atoms. The van der Waals surface area contributed by atoms with Crippen molar-refractivity contribution in [3.05, 3.63) is 29.6 Å². The second-order valence-electron chi connectivity index (χ2n) is 3.07. The molecule has 2 rings (SSSR count). The number of halogens is 1. The zero-order chi connectivity index (χ0) is 9.26. The third kappa shape index (κ3) is 1.78. The first-order valence-corrected chi connectivity index (χ1v) is 4.16. The van der Waals surface area contributed by atoms with E-state index in [1.165, 1.54) is 12.1 Å². The van der Waals surface area contributed by atoms with Crippen LogP contribution < -0.4 is 4.74 Å². The molecule has 66 valence electrons. The lowest BCUT2D eigenvalue weighted by Gasteiger charge is -2.03. The lowest BCUT2D eigenvalue weighted by Crippen LogP contribution is -1.96. The maximum atomic E-state index is 13.0. The third-order valence-electron chi connectivity index (χ3n) is 1.89. The van der Waals surface area contributed by atoms with E-state index in [0.717, 1.165) is 12.8 Å². The van der Waals surface area contributed by atoms with Gasteiger partial charge in [0.2, 0.25) is 0 Å². The van der Waals surface area contributed by atoms with Gasteiger partial charge in [0.25, 0.3) is 0 Å². The molecule has 0 spiro atoms. The standard InChI is InChI=1S/C10H8FNO/c11-10-5-9(13-8-3-4-8)2-1-7(10)6-12/h1-2,5,8H,3-4H2. The van der Waals surface area contributed by atoms with Crippen LogP contribution in [0.4, 0.5) is 4.39 Å². The number of benzene rings is 1. The molecule has 1 aliphatic carbocycles.